The van der Waals surface area contributed by atoms with Gasteiger partial charge < -0.3 is 14.7 Å². The van der Waals surface area contributed by atoms with E-state index in [9.17, 15) is 0 Å². The number of halogens is 1. The number of hydrogen-bond acceptors (Lipinski definition) is 1. The van der Waals surface area contributed by atoms with Crippen LogP contribution in [0.15, 0.2) is 72.8 Å². The van der Waals surface area contributed by atoms with Crippen molar-refractivity contribution < 1.29 is 4.74 Å². The van der Waals surface area contributed by atoms with Crippen LogP contribution in [0.5, 0.6) is 5.75 Å². The number of aromatic nitrogens is 2. The highest BCUT2D eigenvalue weighted by Crippen LogP contribution is 2.45. The first-order valence-electron chi connectivity index (χ1n) is 10.7. The number of rotatable bonds is 3. The number of ether oxygens (including phenoxy) is 1. The molecule has 154 valence electrons. The second kappa shape index (κ2) is 7.21. The van der Waals surface area contributed by atoms with E-state index in [2.05, 4.69) is 64.6 Å². The van der Waals surface area contributed by atoms with Crippen molar-refractivity contribution in [2.45, 2.75) is 24.7 Å². The molecule has 2 aromatic heterocycles. The Bertz CT molecular complexity index is 1400. The summed E-state index contributed by atoms with van der Waals surface area (Å²) in [5.74, 6) is 1.65. The Kier molecular flexibility index (Phi) is 4.32. The van der Waals surface area contributed by atoms with Crippen LogP contribution in [0, 0.1) is 0 Å². The molecule has 0 spiro atoms. The van der Waals surface area contributed by atoms with Crippen molar-refractivity contribution in [3.63, 3.8) is 0 Å². The highest BCUT2D eigenvalue weighted by Gasteiger charge is 2.34. The molecule has 6 rings (SSSR count). The summed E-state index contributed by atoms with van der Waals surface area (Å²) in [5.41, 5.74) is 7.72. The van der Waals surface area contributed by atoms with Crippen molar-refractivity contribution >= 4 is 33.4 Å². The van der Waals surface area contributed by atoms with Crippen molar-refractivity contribution in [1.82, 2.24) is 9.97 Å². The molecule has 0 aliphatic heterocycles. The van der Waals surface area contributed by atoms with E-state index < -0.39 is 0 Å². The normalized spacial score (nSPS) is 18.4. The van der Waals surface area contributed by atoms with Gasteiger partial charge in [-0.3, -0.25) is 0 Å². The van der Waals surface area contributed by atoms with Crippen LogP contribution in [-0.2, 0) is 12.8 Å². The molecule has 0 unspecified atom stereocenters. The molecule has 0 amide bonds. The number of nitrogens with one attached hydrogen (secondary N) is 2. The Labute approximate surface area is 186 Å². The summed E-state index contributed by atoms with van der Waals surface area (Å²) in [5, 5.41) is 3.21. The fourth-order valence-electron chi connectivity index (χ4n) is 5.24. The number of benzene rings is 3. The SMILES string of the molecule is COc1ccc2[nH]c3c(c2c1)C[C@H](c1cc2cc(Cl)ccc2[nH]1)[C@H](c1ccccc1)C3. The van der Waals surface area contributed by atoms with E-state index in [1.54, 1.807) is 7.11 Å². The first-order valence-corrected chi connectivity index (χ1v) is 11.1. The van der Waals surface area contributed by atoms with Gasteiger partial charge in [0.15, 0.2) is 0 Å². The van der Waals surface area contributed by atoms with Gasteiger partial charge in [0.05, 0.1) is 7.11 Å². The number of fused-ring (bicyclic) bond motifs is 4. The van der Waals surface area contributed by atoms with Crippen molar-refractivity contribution in [1.29, 1.82) is 0 Å². The highest BCUT2D eigenvalue weighted by atomic mass is 35.5. The van der Waals surface area contributed by atoms with E-state index >= 15 is 0 Å². The van der Waals surface area contributed by atoms with E-state index in [0.29, 0.717) is 11.8 Å². The van der Waals surface area contributed by atoms with Crippen LogP contribution >= 0.6 is 11.6 Å². The molecule has 0 fully saturated rings. The maximum Gasteiger partial charge on any atom is 0.119 e. The van der Waals surface area contributed by atoms with Crippen LogP contribution in [0.1, 0.15) is 34.4 Å². The lowest BCUT2D eigenvalue weighted by Crippen LogP contribution is -2.22. The summed E-state index contributed by atoms with van der Waals surface area (Å²) in [6.45, 7) is 0. The van der Waals surface area contributed by atoms with Crippen LogP contribution in [0.3, 0.4) is 0 Å². The monoisotopic (exact) mass is 426 g/mol. The van der Waals surface area contributed by atoms with Gasteiger partial charge in [0.2, 0.25) is 0 Å². The number of hydrogen-bond donors (Lipinski definition) is 2. The minimum absolute atomic E-state index is 0.353. The summed E-state index contributed by atoms with van der Waals surface area (Å²) in [6.07, 6.45) is 1.96. The molecule has 2 N–H and O–H groups in total. The number of H-pyrrole nitrogens is 2. The lowest BCUT2D eigenvalue weighted by atomic mass is 9.73. The third kappa shape index (κ3) is 3.12. The van der Waals surface area contributed by atoms with Crippen molar-refractivity contribution in [2.24, 2.45) is 0 Å². The largest absolute Gasteiger partial charge is 0.497 e. The average Bonchev–Trinajstić information content (AvgIpc) is 3.38. The van der Waals surface area contributed by atoms with Gasteiger partial charge >= 0.3 is 0 Å². The Hall–Kier alpha value is -3.17. The molecule has 0 bridgehead atoms. The first kappa shape index (κ1) is 18.6. The van der Waals surface area contributed by atoms with Crippen molar-refractivity contribution in [2.75, 3.05) is 7.11 Å². The zero-order valence-electron chi connectivity index (χ0n) is 17.3. The minimum atomic E-state index is 0.353. The number of aromatic amines is 2. The molecule has 5 aromatic rings. The molecule has 3 aromatic carbocycles. The third-order valence-corrected chi connectivity index (χ3v) is 7.00. The smallest absolute Gasteiger partial charge is 0.119 e. The van der Waals surface area contributed by atoms with Crippen molar-refractivity contribution in [3.05, 3.63) is 100 Å². The second-order valence-corrected chi connectivity index (χ2v) is 8.92. The summed E-state index contributed by atoms with van der Waals surface area (Å²) < 4.78 is 5.50. The molecule has 2 heterocycles. The topological polar surface area (TPSA) is 40.8 Å². The summed E-state index contributed by atoms with van der Waals surface area (Å²) in [7, 11) is 1.73. The van der Waals surface area contributed by atoms with Crippen LogP contribution < -0.4 is 4.74 Å². The van der Waals surface area contributed by atoms with Crippen LogP contribution in [0.2, 0.25) is 5.02 Å². The molecule has 0 saturated carbocycles. The maximum absolute atomic E-state index is 6.25. The fraction of sp³-hybridized carbons (Fsp3) is 0.185. The Morgan fingerprint density at radius 2 is 1.68 bits per heavy atom. The van der Waals surface area contributed by atoms with E-state index in [4.69, 9.17) is 16.3 Å². The first-order chi connectivity index (χ1) is 15.2. The predicted molar refractivity (Wildman–Crippen MR) is 127 cm³/mol. The van der Waals surface area contributed by atoms with Gasteiger partial charge in [0.1, 0.15) is 5.75 Å². The lowest BCUT2D eigenvalue weighted by molar-refractivity contribution is 0.415. The second-order valence-electron chi connectivity index (χ2n) is 8.48. The van der Waals surface area contributed by atoms with Crippen LogP contribution in [0.25, 0.3) is 21.8 Å². The molecule has 4 heteroatoms. The Morgan fingerprint density at radius 1 is 0.839 bits per heavy atom. The molecule has 1 aliphatic carbocycles. The van der Waals surface area contributed by atoms with E-state index in [1.807, 2.05) is 18.2 Å². The van der Waals surface area contributed by atoms with Crippen LogP contribution in [0.4, 0.5) is 0 Å². The molecule has 1 aliphatic rings. The summed E-state index contributed by atoms with van der Waals surface area (Å²) >= 11 is 6.25. The molecule has 31 heavy (non-hydrogen) atoms. The zero-order valence-corrected chi connectivity index (χ0v) is 18.0. The third-order valence-electron chi connectivity index (χ3n) is 6.77. The quantitative estimate of drug-likeness (QED) is 0.321. The predicted octanol–water partition coefficient (Wildman–Crippen LogP) is 6.98. The van der Waals surface area contributed by atoms with Gasteiger partial charge in [-0.1, -0.05) is 41.9 Å². The zero-order chi connectivity index (χ0) is 20.9. The molecule has 2 atom stereocenters. The molecular weight excluding hydrogens is 404 g/mol. The lowest BCUT2D eigenvalue weighted by Gasteiger charge is -2.32. The minimum Gasteiger partial charge on any atom is -0.497 e. The summed E-state index contributed by atoms with van der Waals surface area (Å²) in [4.78, 5) is 7.38. The van der Waals surface area contributed by atoms with Gasteiger partial charge in [0, 0.05) is 44.1 Å². The highest BCUT2D eigenvalue weighted by molar-refractivity contribution is 6.31. The maximum atomic E-state index is 6.25. The van der Waals surface area contributed by atoms with Gasteiger partial charge in [-0.2, -0.15) is 0 Å². The van der Waals surface area contributed by atoms with Gasteiger partial charge in [-0.05, 0) is 72.4 Å². The van der Waals surface area contributed by atoms with E-state index in [0.717, 1.165) is 29.1 Å². The fourth-order valence-corrected chi connectivity index (χ4v) is 5.42. The molecule has 0 radical (unpaired) electrons. The summed E-state index contributed by atoms with van der Waals surface area (Å²) in [6, 6.07) is 25.5. The average molecular weight is 427 g/mol. The Morgan fingerprint density at radius 3 is 2.52 bits per heavy atom. The number of methoxy groups -OCH3 is 1. The van der Waals surface area contributed by atoms with Crippen LogP contribution in [-0.4, -0.2) is 17.1 Å². The van der Waals surface area contributed by atoms with Crippen molar-refractivity contribution in [3.8, 4) is 5.75 Å². The van der Waals surface area contributed by atoms with Gasteiger partial charge in [-0.25, -0.2) is 0 Å². The van der Waals surface area contributed by atoms with Gasteiger partial charge in [-0.15, -0.1) is 0 Å². The molecule has 0 saturated heterocycles. The van der Waals surface area contributed by atoms with E-state index in [-0.39, 0.29) is 0 Å². The van der Waals surface area contributed by atoms with E-state index in [1.165, 1.54) is 38.8 Å². The molecular formula is C27H23ClN2O. The molecule has 3 nitrogen and oxygen atoms in total. The standard InChI is InChI=1S/C27H23ClN2O/c1-31-19-8-10-25-21(13-19)23-14-22(26-12-17-11-18(28)7-9-24(17)29-26)20(15-27(23)30-25)16-5-3-2-4-6-16/h2-13,20,22,29-30H,14-15H2,1H3/t20-,22-/m0/s1. The Balaban J connectivity index is 1.51. The van der Waals surface area contributed by atoms with Gasteiger partial charge in [0.25, 0.3) is 0 Å².